The van der Waals surface area contributed by atoms with Crippen molar-refractivity contribution >= 4 is 15.6 Å². The van der Waals surface area contributed by atoms with Crippen LogP contribution in [-0.2, 0) is 19.4 Å². The lowest BCUT2D eigenvalue weighted by molar-refractivity contribution is -0.131. The number of ether oxygens (including phenoxy) is 1. The molecule has 0 unspecified atom stereocenters. The molecule has 25 heavy (non-hydrogen) atoms. The number of fused-ring (bicyclic) bond motifs is 1. The first-order valence-corrected chi connectivity index (χ1v) is 11.5. The second-order valence-electron chi connectivity index (χ2n) is 9.28. The molecule has 0 bridgehead atoms. The van der Waals surface area contributed by atoms with Gasteiger partial charge in [-0.25, -0.2) is 8.42 Å². The Hall–Kier alpha value is -0.420. The summed E-state index contributed by atoms with van der Waals surface area (Å²) in [5.74, 6) is 1.36. The number of rotatable bonds is 7. The van der Waals surface area contributed by atoms with E-state index in [1.165, 1.54) is 0 Å². The molecule has 2 rings (SSSR count). The summed E-state index contributed by atoms with van der Waals surface area (Å²) in [6.07, 6.45) is 6.54. The minimum absolute atomic E-state index is 0.102. The molecule has 0 aromatic carbocycles. The number of hydrogen-bond acceptors (Lipinski definition) is 4. The maximum Gasteiger partial charge on any atom is 0.155 e. The molecule has 0 N–H and O–H groups in total. The third-order valence-electron chi connectivity index (χ3n) is 6.62. The highest BCUT2D eigenvalue weighted by Gasteiger charge is 2.52. The van der Waals surface area contributed by atoms with E-state index in [1.54, 1.807) is 20.8 Å². The van der Waals surface area contributed by atoms with Gasteiger partial charge in [-0.05, 0) is 77.6 Å². The number of Topliss-reactive ketones (excluding diaryl/α,β-unsaturated/α-hetero) is 1. The largest absolute Gasteiger partial charge is 0.378 e. The number of carbonyl (C=O) groups is 1. The standard InChI is InChI=1S/C20H36O4S/c1-15(24-13-6-7-14-25(22,23)19(2,3)4)16-10-11-17-18(21)9-8-12-20(16,17)5/h15-17H,6-14H2,1-5H3/t15-,16-,17+,20-/m1/s1. The Kier molecular flexibility index (Phi) is 6.41. The van der Waals surface area contributed by atoms with E-state index in [4.69, 9.17) is 4.74 Å². The molecule has 146 valence electrons. The maximum atomic E-state index is 12.2. The minimum atomic E-state index is -3.04. The normalized spacial score (nSPS) is 31.8. The summed E-state index contributed by atoms with van der Waals surface area (Å²) < 4.78 is 29.6. The van der Waals surface area contributed by atoms with E-state index in [1.807, 2.05) is 0 Å². The van der Waals surface area contributed by atoms with Gasteiger partial charge in [0.2, 0.25) is 0 Å². The Morgan fingerprint density at radius 3 is 2.56 bits per heavy atom. The SMILES string of the molecule is C[C@@H](OCCCCS(=O)(=O)C(C)(C)C)[C@H]1CC[C@H]2C(=O)CCC[C@]12C. The molecule has 0 aromatic rings. The summed E-state index contributed by atoms with van der Waals surface area (Å²) in [6, 6.07) is 0. The van der Waals surface area contributed by atoms with Gasteiger partial charge in [0, 0.05) is 18.9 Å². The van der Waals surface area contributed by atoms with Gasteiger partial charge >= 0.3 is 0 Å². The fourth-order valence-electron chi connectivity index (χ4n) is 4.83. The molecular formula is C20H36O4S. The Labute approximate surface area is 154 Å². The van der Waals surface area contributed by atoms with Gasteiger partial charge in [-0.3, -0.25) is 4.79 Å². The van der Waals surface area contributed by atoms with Crippen LogP contribution in [0.3, 0.4) is 0 Å². The maximum absolute atomic E-state index is 12.2. The monoisotopic (exact) mass is 372 g/mol. The summed E-state index contributed by atoms with van der Waals surface area (Å²) >= 11 is 0. The van der Waals surface area contributed by atoms with Crippen molar-refractivity contribution in [1.82, 2.24) is 0 Å². The van der Waals surface area contributed by atoms with E-state index in [2.05, 4.69) is 13.8 Å². The molecule has 0 heterocycles. The molecule has 0 saturated heterocycles. The molecule has 2 saturated carbocycles. The lowest BCUT2D eigenvalue weighted by atomic mass is 9.64. The molecule has 5 heteroatoms. The summed E-state index contributed by atoms with van der Waals surface area (Å²) in [5.41, 5.74) is 0.102. The Morgan fingerprint density at radius 1 is 1.24 bits per heavy atom. The first kappa shape index (κ1) is 20.9. The Morgan fingerprint density at radius 2 is 1.92 bits per heavy atom. The van der Waals surface area contributed by atoms with Crippen LogP contribution in [0.25, 0.3) is 0 Å². The van der Waals surface area contributed by atoms with E-state index in [9.17, 15) is 13.2 Å². The van der Waals surface area contributed by atoms with E-state index in [0.29, 0.717) is 24.7 Å². The van der Waals surface area contributed by atoms with Crippen molar-refractivity contribution in [2.45, 2.75) is 90.4 Å². The van der Waals surface area contributed by atoms with Crippen LogP contribution < -0.4 is 0 Å². The van der Waals surface area contributed by atoms with E-state index < -0.39 is 14.6 Å². The van der Waals surface area contributed by atoms with Crippen LogP contribution in [0.4, 0.5) is 0 Å². The van der Waals surface area contributed by atoms with Crippen LogP contribution in [-0.4, -0.2) is 37.4 Å². The van der Waals surface area contributed by atoms with Gasteiger partial charge in [0.05, 0.1) is 16.6 Å². The third kappa shape index (κ3) is 4.47. The van der Waals surface area contributed by atoms with Crippen molar-refractivity contribution in [3.05, 3.63) is 0 Å². The minimum Gasteiger partial charge on any atom is -0.378 e. The second kappa shape index (κ2) is 7.67. The quantitative estimate of drug-likeness (QED) is 0.629. The molecule has 0 amide bonds. The number of unbranched alkanes of at least 4 members (excludes halogenated alkanes) is 1. The summed E-state index contributed by atoms with van der Waals surface area (Å²) in [4.78, 5) is 12.2. The number of ketones is 1. The predicted octanol–water partition coefficient (Wildman–Crippen LogP) is 4.17. The first-order valence-electron chi connectivity index (χ1n) is 9.85. The molecule has 0 radical (unpaired) electrons. The second-order valence-corrected chi connectivity index (χ2v) is 12.1. The molecule has 0 spiro atoms. The van der Waals surface area contributed by atoms with Crippen molar-refractivity contribution < 1.29 is 17.9 Å². The van der Waals surface area contributed by atoms with Crippen molar-refractivity contribution in [2.24, 2.45) is 17.3 Å². The van der Waals surface area contributed by atoms with Gasteiger partial charge in [0.25, 0.3) is 0 Å². The molecule has 0 aliphatic heterocycles. The highest BCUT2D eigenvalue weighted by atomic mass is 32.2. The molecule has 4 atom stereocenters. The highest BCUT2D eigenvalue weighted by molar-refractivity contribution is 7.92. The summed E-state index contributed by atoms with van der Waals surface area (Å²) in [5, 5.41) is 0. The molecule has 2 aliphatic rings. The van der Waals surface area contributed by atoms with Crippen molar-refractivity contribution in [3.63, 3.8) is 0 Å². The fourth-order valence-corrected chi connectivity index (χ4v) is 6.02. The number of sulfone groups is 1. The fraction of sp³-hybridized carbons (Fsp3) is 0.950. The molecule has 0 aromatic heterocycles. The molecule has 4 nitrogen and oxygen atoms in total. The first-order chi connectivity index (χ1) is 11.5. The highest BCUT2D eigenvalue weighted by Crippen LogP contribution is 2.55. The van der Waals surface area contributed by atoms with Gasteiger partial charge in [-0.1, -0.05) is 6.92 Å². The van der Waals surface area contributed by atoms with Crippen molar-refractivity contribution in [2.75, 3.05) is 12.4 Å². The lowest BCUT2D eigenvalue weighted by Gasteiger charge is -2.42. The van der Waals surface area contributed by atoms with Crippen LogP contribution in [0, 0.1) is 17.3 Å². The van der Waals surface area contributed by atoms with E-state index in [-0.39, 0.29) is 23.2 Å². The average Bonchev–Trinajstić information content (AvgIpc) is 2.84. The molecule has 2 aliphatic carbocycles. The van der Waals surface area contributed by atoms with Crippen LogP contribution in [0.15, 0.2) is 0 Å². The lowest BCUT2D eigenvalue weighted by Crippen LogP contribution is -2.41. The van der Waals surface area contributed by atoms with E-state index in [0.717, 1.165) is 38.5 Å². The Balaban J connectivity index is 1.78. The summed E-state index contributed by atoms with van der Waals surface area (Å²) in [7, 11) is -3.04. The van der Waals surface area contributed by atoms with Crippen LogP contribution in [0.2, 0.25) is 0 Å². The van der Waals surface area contributed by atoms with Crippen LogP contribution in [0.5, 0.6) is 0 Å². The smallest absolute Gasteiger partial charge is 0.155 e. The van der Waals surface area contributed by atoms with Gasteiger partial charge in [0.1, 0.15) is 5.78 Å². The van der Waals surface area contributed by atoms with Crippen LogP contribution >= 0.6 is 0 Å². The average molecular weight is 373 g/mol. The van der Waals surface area contributed by atoms with Crippen molar-refractivity contribution in [1.29, 1.82) is 0 Å². The van der Waals surface area contributed by atoms with Crippen LogP contribution in [0.1, 0.15) is 79.6 Å². The van der Waals surface area contributed by atoms with Gasteiger partial charge < -0.3 is 4.74 Å². The topological polar surface area (TPSA) is 60.4 Å². The zero-order valence-corrected chi connectivity index (χ0v) is 17.5. The summed E-state index contributed by atoms with van der Waals surface area (Å²) in [6.45, 7) is 10.3. The molecular weight excluding hydrogens is 336 g/mol. The van der Waals surface area contributed by atoms with Gasteiger partial charge in [0.15, 0.2) is 9.84 Å². The molecule has 2 fully saturated rings. The number of hydrogen-bond donors (Lipinski definition) is 0. The zero-order chi connectivity index (χ0) is 18.9. The third-order valence-corrected chi connectivity index (χ3v) is 9.32. The van der Waals surface area contributed by atoms with Crippen molar-refractivity contribution in [3.8, 4) is 0 Å². The van der Waals surface area contributed by atoms with E-state index >= 15 is 0 Å². The Bertz CT molecular complexity index is 575. The predicted molar refractivity (Wildman–Crippen MR) is 101 cm³/mol. The van der Waals surface area contributed by atoms with Gasteiger partial charge in [-0.15, -0.1) is 0 Å². The number of carbonyl (C=O) groups excluding carboxylic acids is 1. The zero-order valence-electron chi connectivity index (χ0n) is 16.6. The van der Waals surface area contributed by atoms with Gasteiger partial charge in [-0.2, -0.15) is 0 Å².